The lowest BCUT2D eigenvalue weighted by atomic mass is 9.33. The molecule has 63 heavy (non-hydrogen) atoms. The van der Waals surface area contributed by atoms with E-state index in [0.29, 0.717) is 0 Å². The number of nitrogens with zero attached hydrogens (tertiary/aromatic N) is 2. The molecule has 0 aromatic heterocycles. The fourth-order valence-electron chi connectivity index (χ4n) is 10.0. The van der Waals surface area contributed by atoms with Gasteiger partial charge >= 0.3 is 0 Å². The zero-order valence-corrected chi connectivity index (χ0v) is 34.6. The van der Waals surface area contributed by atoms with E-state index in [2.05, 4.69) is 259 Å². The Labute approximate surface area is 369 Å². The SMILES string of the molecule is c1ccc(-c2ccc(N3c4ccccc4B4c5ccccc5N(c5ccc(-c6ccccc6)cc5)c5cc(-c6c(-c7ccccc7)cccc6-c6ccccc6)cc3c54)cc2)cc1. The highest BCUT2D eigenvalue weighted by Crippen LogP contribution is 2.49. The summed E-state index contributed by atoms with van der Waals surface area (Å²) in [7, 11) is 0. The summed E-state index contributed by atoms with van der Waals surface area (Å²) in [6.07, 6.45) is 0. The Morgan fingerprint density at radius 2 is 0.603 bits per heavy atom. The van der Waals surface area contributed by atoms with Gasteiger partial charge < -0.3 is 9.80 Å². The summed E-state index contributed by atoms with van der Waals surface area (Å²) in [6, 6.07) is 91.1. The third-order valence-electron chi connectivity index (χ3n) is 12.9. The van der Waals surface area contributed by atoms with Gasteiger partial charge in [0.1, 0.15) is 0 Å². The first-order valence-corrected chi connectivity index (χ1v) is 21.8. The topological polar surface area (TPSA) is 6.48 Å². The predicted octanol–water partition coefficient (Wildman–Crippen LogP) is 14.1. The van der Waals surface area contributed by atoms with E-state index in [1.807, 2.05) is 0 Å². The van der Waals surface area contributed by atoms with E-state index < -0.39 is 0 Å². The lowest BCUT2D eigenvalue weighted by Gasteiger charge is -2.44. The molecule has 2 aliphatic rings. The number of hydrogen-bond acceptors (Lipinski definition) is 2. The molecule has 0 N–H and O–H groups in total. The molecule has 0 atom stereocenters. The molecule has 0 saturated carbocycles. The van der Waals surface area contributed by atoms with Gasteiger partial charge in [-0.05, 0) is 121 Å². The van der Waals surface area contributed by atoms with Crippen molar-refractivity contribution in [3.8, 4) is 55.6 Å². The van der Waals surface area contributed by atoms with Crippen LogP contribution in [0.3, 0.4) is 0 Å². The van der Waals surface area contributed by atoms with E-state index in [0.717, 1.165) is 16.9 Å². The van der Waals surface area contributed by atoms with Crippen LogP contribution in [-0.2, 0) is 0 Å². The van der Waals surface area contributed by atoms with Gasteiger partial charge in [0, 0.05) is 34.1 Å². The fourth-order valence-corrected chi connectivity index (χ4v) is 10.0. The molecule has 2 nitrogen and oxygen atoms in total. The van der Waals surface area contributed by atoms with Gasteiger partial charge in [-0.25, -0.2) is 0 Å². The second-order valence-corrected chi connectivity index (χ2v) is 16.4. The van der Waals surface area contributed by atoms with E-state index >= 15 is 0 Å². The smallest absolute Gasteiger partial charge is 0.252 e. The molecule has 0 amide bonds. The zero-order valence-electron chi connectivity index (χ0n) is 34.6. The van der Waals surface area contributed by atoms with E-state index in [9.17, 15) is 0 Å². The maximum atomic E-state index is 2.51. The number of fused-ring (bicyclic) bond motifs is 4. The van der Waals surface area contributed by atoms with Crippen molar-refractivity contribution in [2.45, 2.75) is 0 Å². The summed E-state index contributed by atoms with van der Waals surface area (Å²) in [5.74, 6) is 0. The van der Waals surface area contributed by atoms with Gasteiger partial charge in [-0.1, -0.05) is 200 Å². The lowest BCUT2D eigenvalue weighted by molar-refractivity contribution is 1.25. The number of anilines is 6. The zero-order chi connectivity index (χ0) is 41.7. The monoisotopic (exact) mass is 800 g/mol. The fraction of sp³-hybridized carbons (Fsp3) is 0. The Hall–Kier alpha value is -8.14. The minimum Gasteiger partial charge on any atom is -0.311 e. The molecule has 294 valence electrons. The average molecular weight is 801 g/mol. The normalized spacial score (nSPS) is 12.3. The van der Waals surface area contributed by atoms with Crippen molar-refractivity contribution in [1.82, 2.24) is 0 Å². The first-order chi connectivity index (χ1) is 31.3. The number of benzene rings is 10. The predicted molar refractivity (Wildman–Crippen MR) is 268 cm³/mol. The third-order valence-corrected chi connectivity index (χ3v) is 12.9. The molecular formula is C60H41BN2. The standard InChI is InChI=1S/C60H41BN2/c1-5-18-42(19-6-1)44-32-36-49(37-33-44)62-55-30-15-13-28-53(55)61-54-29-14-16-31-56(54)63(50-38-34-45(35-39-50)43-20-7-2-8-21-43)58-41-48(40-57(62)60(58)61)59-51(46-22-9-3-10-23-46)26-17-27-52(59)47-24-11-4-12-25-47/h1-41H. The summed E-state index contributed by atoms with van der Waals surface area (Å²) >= 11 is 0. The summed E-state index contributed by atoms with van der Waals surface area (Å²) < 4.78 is 0. The molecule has 2 heterocycles. The van der Waals surface area contributed by atoms with Gasteiger partial charge in [0.05, 0.1) is 0 Å². The molecule has 2 aliphatic heterocycles. The number of hydrogen-bond donors (Lipinski definition) is 0. The van der Waals surface area contributed by atoms with Crippen molar-refractivity contribution < 1.29 is 0 Å². The van der Waals surface area contributed by atoms with Crippen LogP contribution in [0.25, 0.3) is 55.6 Å². The Morgan fingerprint density at radius 1 is 0.254 bits per heavy atom. The first-order valence-electron chi connectivity index (χ1n) is 21.8. The molecule has 0 saturated heterocycles. The van der Waals surface area contributed by atoms with Crippen LogP contribution < -0.4 is 26.2 Å². The molecule has 0 aliphatic carbocycles. The maximum absolute atomic E-state index is 2.51. The quantitative estimate of drug-likeness (QED) is 0.148. The highest BCUT2D eigenvalue weighted by molar-refractivity contribution is 7.00. The number of rotatable bonds is 7. The summed E-state index contributed by atoms with van der Waals surface area (Å²) in [6.45, 7) is 0.0223. The van der Waals surface area contributed by atoms with E-state index in [-0.39, 0.29) is 6.71 Å². The summed E-state index contributed by atoms with van der Waals surface area (Å²) in [4.78, 5) is 5.03. The molecule has 0 unspecified atom stereocenters. The largest absolute Gasteiger partial charge is 0.311 e. The molecule has 3 heteroatoms. The van der Waals surface area contributed by atoms with Crippen LogP contribution in [0.15, 0.2) is 249 Å². The van der Waals surface area contributed by atoms with Crippen molar-refractivity contribution in [3.63, 3.8) is 0 Å². The molecule has 0 bridgehead atoms. The molecule has 0 radical (unpaired) electrons. The van der Waals surface area contributed by atoms with Gasteiger partial charge in [0.2, 0.25) is 0 Å². The molecule has 0 spiro atoms. The molecule has 10 aromatic carbocycles. The van der Waals surface area contributed by atoms with E-state index in [1.54, 1.807) is 0 Å². The Kier molecular flexibility index (Phi) is 8.97. The highest BCUT2D eigenvalue weighted by atomic mass is 15.2. The second-order valence-electron chi connectivity index (χ2n) is 16.4. The van der Waals surface area contributed by atoms with Crippen LogP contribution in [0.4, 0.5) is 34.1 Å². The molecular weight excluding hydrogens is 759 g/mol. The van der Waals surface area contributed by atoms with Crippen molar-refractivity contribution in [2.24, 2.45) is 0 Å². The lowest BCUT2D eigenvalue weighted by Crippen LogP contribution is -2.61. The second kappa shape index (κ2) is 15.4. The van der Waals surface area contributed by atoms with Crippen molar-refractivity contribution in [1.29, 1.82) is 0 Å². The molecule has 10 aromatic rings. The van der Waals surface area contributed by atoms with Gasteiger partial charge in [0.25, 0.3) is 6.71 Å². The van der Waals surface area contributed by atoms with Crippen molar-refractivity contribution >= 4 is 57.2 Å². The van der Waals surface area contributed by atoms with E-state index in [1.165, 1.54) is 89.2 Å². The van der Waals surface area contributed by atoms with Gasteiger partial charge in [-0.2, -0.15) is 0 Å². The maximum Gasteiger partial charge on any atom is 0.252 e. The van der Waals surface area contributed by atoms with Gasteiger partial charge in [-0.3, -0.25) is 0 Å². The first kappa shape index (κ1) is 36.7. The minimum absolute atomic E-state index is 0.0223. The van der Waals surface area contributed by atoms with Gasteiger partial charge in [-0.15, -0.1) is 0 Å². The van der Waals surface area contributed by atoms with Crippen LogP contribution >= 0.6 is 0 Å². The van der Waals surface area contributed by atoms with Crippen molar-refractivity contribution in [3.05, 3.63) is 249 Å². The Balaban J connectivity index is 1.16. The molecule has 0 fully saturated rings. The minimum atomic E-state index is 0.0223. The highest BCUT2D eigenvalue weighted by Gasteiger charge is 2.43. The van der Waals surface area contributed by atoms with Gasteiger partial charge in [0.15, 0.2) is 0 Å². The Morgan fingerprint density at radius 3 is 1.02 bits per heavy atom. The van der Waals surface area contributed by atoms with E-state index in [4.69, 9.17) is 0 Å². The Bertz CT molecular complexity index is 3040. The third kappa shape index (κ3) is 6.28. The summed E-state index contributed by atoms with van der Waals surface area (Å²) in [5.41, 5.74) is 22.8. The van der Waals surface area contributed by atoms with Crippen LogP contribution in [-0.4, -0.2) is 6.71 Å². The number of para-hydroxylation sites is 2. The van der Waals surface area contributed by atoms with Crippen LogP contribution in [0.2, 0.25) is 0 Å². The van der Waals surface area contributed by atoms with Crippen LogP contribution in [0.5, 0.6) is 0 Å². The summed E-state index contributed by atoms with van der Waals surface area (Å²) in [5, 5.41) is 0. The molecule has 12 rings (SSSR count). The van der Waals surface area contributed by atoms with Crippen LogP contribution in [0.1, 0.15) is 0 Å². The van der Waals surface area contributed by atoms with Crippen LogP contribution in [0, 0.1) is 0 Å². The average Bonchev–Trinajstić information content (AvgIpc) is 3.37. The van der Waals surface area contributed by atoms with Crippen molar-refractivity contribution in [2.75, 3.05) is 9.80 Å².